The molecule has 1 aromatic rings. The Kier molecular flexibility index (Phi) is 5.30. The zero-order valence-electron chi connectivity index (χ0n) is 11.3. The van der Waals surface area contributed by atoms with Crippen molar-refractivity contribution in [2.24, 2.45) is 0 Å². The largest absolute Gasteiger partial charge is 0.480 e. The van der Waals surface area contributed by atoms with Gasteiger partial charge in [0.1, 0.15) is 6.04 Å². The number of carbonyl (C=O) groups is 2. The highest BCUT2D eigenvalue weighted by Crippen LogP contribution is 2.13. The first-order valence-electron chi connectivity index (χ1n) is 6.18. The van der Waals surface area contributed by atoms with Crippen molar-refractivity contribution >= 4 is 11.9 Å². The standard InChI is InChI=1S/C15H19NO3/c1-4-5-9-12(15(18)19)16-14(17)13-10(2)7-6-8-11(13)3/h4,6-8,12H,1,5,9H2,2-3H3,(H,16,17)(H,18,19). The van der Waals surface area contributed by atoms with Gasteiger partial charge in [-0.05, 0) is 37.8 Å². The van der Waals surface area contributed by atoms with Crippen LogP contribution in [0.1, 0.15) is 34.3 Å². The first-order valence-corrected chi connectivity index (χ1v) is 6.18. The molecule has 0 radical (unpaired) electrons. The third-order valence-corrected chi connectivity index (χ3v) is 2.97. The summed E-state index contributed by atoms with van der Waals surface area (Å²) in [5.41, 5.74) is 2.23. The Morgan fingerprint density at radius 3 is 2.42 bits per heavy atom. The van der Waals surface area contributed by atoms with E-state index in [4.69, 9.17) is 5.11 Å². The van der Waals surface area contributed by atoms with Gasteiger partial charge in [0.05, 0.1) is 0 Å². The number of aliphatic carboxylic acids is 1. The zero-order chi connectivity index (χ0) is 14.4. The van der Waals surface area contributed by atoms with Crippen molar-refractivity contribution in [3.8, 4) is 0 Å². The molecule has 0 spiro atoms. The van der Waals surface area contributed by atoms with Crippen molar-refractivity contribution in [1.29, 1.82) is 0 Å². The number of aryl methyl sites for hydroxylation is 2. The van der Waals surface area contributed by atoms with E-state index >= 15 is 0 Å². The molecule has 0 fully saturated rings. The van der Waals surface area contributed by atoms with Crippen molar-refractivity contribution in [2.45, 2.75) is 32.7 Å². The highest BCUT2D eigenvalue weighted by molar-refractivity contribution is 5.99. The topological polar surface area (TPSA) is 66.4 Å². The van der Waals surface area contributed by atoms with Gasteiger partial charge in [0.25, 0.3) is 5.91 Å². The van der Waals surface area contributed by atoms with Crippen LogP contribution in [-0.2, 0) is 4.79 Å². The maximum atomic E-state index is 12.2. The van der Waals surface area contributed by atoms with Crippen LogP contribution in [-0.4, -0.2) is 23.0 Å². The Morgan fingerprint density at radius 1 is 1.37 bits per heavy atom. The van der Waals surface area contributed by atoms with Gasteiger partial charge in [-0.15, -0.1) is 6.58 Å². The highest BCUT2D eigenvalue weighted by Gasteiger charge is 2.21. The van der Waals surface area contributed by atoms with E-state index in [0.29, 0.717) is 18.4 Å². The van der Waals surface area contributed by atoms with Gasteiger partial charge in [-0.1, -0.05) is 24.3 Å². The number of carboxylic acids is 1. The average molecular weight is 261 g/mol. The molecule has 0 aliphatic heterocycles. The second-order valence-electron chi connectivity index (χ2n) is 4.50. The van der Waals surface area contributed by atoms with E-state index in [1.807, 2.05) is 32.0 Å². The number of carbonyl (C=O) groups excluding carboxylic acids is 1. The third-order valence-electron chi connectivity index (χ3n) is 2.97. The smallest absolute Gasteiger partial charge is 0.326 e. The molecule has 19 heavy (non-hydrogen) atoms. The summed E-state index contributed by atoms with van der Waals surface area (Å²) < 4.78 is 0. The van der Waals surface area contributed by atoms with Gasteiger partial charge in [-0.25, -0.2) is 4.79 Å². The maximum Gasteiger partial charge on any atom is 0.326 e. The minimum atomic E-state index is -1.03. The summed E-state index contributed by atoms with van der Waals surface area (Å²) in [6.45, 7) is 7.22. The van der Waals surface area contributed by atoms with E-state index < -0.39 is 12.0 Å². The quantitative estimate of drug-likeness (QED) is 0.773. The Balaban J connectivity index is 2.88. The number of nitrogens with one attached hydrogen (secondary N) is 1. The number of carboxylic acid groups (broad SMARTS) is 1. The second-order valence-corrected chi connectivity index (χ2v) is 4.50. The van der Waals surface area contributed by atoms with Crippen LogP contribution in [0.25, 0.3) is 0 Å². The molecule has 0 heterocycles. The molecule has 102 valence electrons. The molecule has 1 amide bonds. The maximum absolute atomic E-state index is 12.2. The Hall–Kier alpha value is -2.10. The first-order chi connectivity index (χ1) is 8.97. The van der Waals surface area contributed by atoms with Crippen molar-refractivity contribution < 1.29 is 14.7 Å². The van der Waals surface area contributed by atoms with E-state index in [-0.39, 0.29) is 5.91 Å². The molecule has 4 nitrogen and oxygen atoms in total. The van der Waals surface area contributed by atoms with E-state index in [1.165, 1.54) is 0 Å². The minimum Gasteiger partial charge on any atom is -0.480 e. The number of hydrogen-bond donors (Lipinski definition) is 2. The van der Waals surface area contributed by atoms with Crippen LogP contribution >= 0.6 is 0 Å². The summed E-state index contributed by atoms with van der Waals surface area (Å²) in [4.78, 5) is 23.3. The van der Waals surface area contributed by atoms with Gasteiger partial charge in [0.15, 0.2) is 0 Å². The van der Waals surface area contributed by atoms with E-state index in [2.05, 4.69) is 11.9 Å². The summed E-state index contributed by atoms with van der Waals surface area (Å²) in [5, 5.41) is 11.6. The highest BCUT2D eigenvalue weighted by atomic mass is 16.4. The zero-order valence-corrected chi connectivity index (χ0v) is 11.3. The summed E-state index contributed by atoms with van der Waals surface area (Å²) in [5.74, 6) is -1.37. The van der Waals surface area contributed by atoms with Crippen molar-refractivity contribution in [3.05, 3.63) is 47.5 Å². The molecule has 0 saturated heterocycles. The molecule has 0 saturated carbocycles. The van der Waals surface area contributed by atoms with Crippen molar-refractivity contribution in [1.82, 2.24) is 5.32 Å². The molecule has 4 heteroatoms. The number of benzene rings is 1. The van der Waals surface area contributed by atoms with Gasteiger partial charge in [0, 0.05) is 5.56 Å². The van der Waals surface area contributed by atoms with Gasteiger partial charge in [-0.3, -0.25) is 4.79 Å². The average Bonchev–Trinajstić information content (AvgIpc) is 2.33. The molecular formula is C15H19NO3. The van der Waals surface area contributed by atoms with Crippen LogP contribution in [0.4, 0.5) is 0 Å². The first kappa shape index (κ1) is 15.0. The Bertz CT molecular complexity index is 474. The molecular weight excluding hydrogens is 242 g/mol. The van der Waals surface area contributed by atoms with Crippen LogP contribution in [0.2, 0.25) is 0 Å². The SMILES string of the molecule is C=CCCC(NC(=O)c1c(C)cccc1C)C(=O)O. The molecule has 0 aliphatic carbocycles. The summed E-state index contributed by atoms with van der Waals surface area (Å²) in [6, 6.07) is 4.65. The fourth-order valence-corrected chi connectivity index (χ4v) is 1.94. The van der Waals surface area contributed by atoms with Crippen LogP contribution in [0, 0.1) is 13.8 Å². The molecule has 0 aliphatic rings. The Labute approximate surface area is 113 Å². The molecule has 1 rings (SSSR count). The lowest BCUT2D eigenvalue weighted by atomic mass is 10.0. The Morgan fingerprint density at radius 2 is 1.95 bits per heavy atom. The fraction of sp³-hybridized carbons (Fsp3) is 0.333. The minimum absolute atomic E-state index is 0.341. The van der Waals surface area contributed by atoms with Crippen molar-refractivity contribution in [3.63, 3.8) is 0 Å². The van der Waals surface area contributed by atoms with Gasteiger partial charge in [0.2, 0.25) is 0 Å². The fourth-order valence-electron chi connectivity index (χ4n) is 1.94. The number of amides is 1. The third kappa shape index (κ3) is 3.95. The van der Waals surface area contributed by atoms with E-state index in [0.717, 1.165) is 11.1 Å². The van der Waals surface area contributed by atoms with Gasteiger partial charge < -0.3 is 10.4 Å². The van der Waals surface area contributed by atoms with Crippen LogP contribution in [0.15, 0.2) is 30.9 Å². The van der Waals surface area contributed by atoms with E-state index in [9.17, 15) is 9.59 Å². The lowest BCUT2D eigenvalue weighted by Gasteiger charge is -2.16. The summed E-state index contributed by atoms with van der Waals surface area (Å²) in [6.07, 6.45) is 2.53. The molecule has 1 unspecified atom stereocenters. The predicted octanol–water partition coefficient (Wildman–Crippen LogP) is 2.45. The van der Waals surface area contributed by atoms with Gasteiger partial charge >= 0.3 is 5.97 Å². The predicted molar refractivity (Wildman–Crippen MR) is 74.2 cm³/mol. The summed E-state index contributed by atoms with van der Waals surface area (Å²) >= 11 is 0. The molecule has 2 N–H and O–H groups in total. The monoisotopic (exact) mass is 261 g/mol. The lowest BCUT2D eigenvalue weighted by Crippen LogP contribution is -2.41. The van der Waals surface area contributed by atoms with Crippen LogP contribution < -0.4 is 5.32 Å². The number of hydrogen-bond acceptors (Lipinski definition) is 2. The molecule has 1 atom stereocenters. The van der Waals surface area contributed by atoms with E-state index in [1.54, 1.807) is 6.08 Å². The van der Waals surface area contributed by atoms with Gasteiger partial charge in [-0.2, -0.15) is 0 Å². The van der Waals surface area contributed by atoms with Crippen molar-refractivity contribution in [2.75, 3.05) is 0 Å². The van der Waals surface area contributed by atoms with Crippen LogP contribution in [0.5, 0.6) is 0 Å². The number of rotatable bonds is 6. The normalized spacial score (nSPS) is 11.7. The molecule has 0 aromatic heterocycles. The summed E-state index contributed by atoms with van der Waals surface area (Å²) in [7, 11) is 0. The number of allylic oxidation sites excluding steroid dienone is 1. The lowest BCUT2D eigenvalue weighted by molar-refractivity contribution is -0.139. The molecule has 1 aromatic carbocycles. The molecule has 0 bridgehead atoms. The van der Waals surface area contributed by atoms with Crippen LogP contribution in [0.3, 0.4) is 0 Å². The second kappa shape index (κ2) is 6.73.